The highest BCUT2D eigenvalue weighted by Gasteiger charge is 2.39. The first-order chi connectivity index (χ1) is 9.81. The molecule has 0 saturated heterocycles. The highest BCUT2D eigenvalue weighted by molar-refractivity contribution is 5.73. The Morgan fingerprint density at radius 1 is 1.27 bits per heavy atom. The summed E-state index contributed by atoms with van der Waals surface area (Å²) in [6.45, 7) is 4.66. The second kappa shape index (κ2) is 5.90. The number of nitro benzene ring substituents is 1. The lowest BCUT2D eigenvalue weighted by molar-refractivity contribution is -0.388. The number of nitro groups is 1. The molecule has 5 nitrogen and oxygen atoms in total. The van der Waals surface area contributed by atoms with Gasteiger partial charge in [-0.3, -0.25) is 14.9 Å². The molecule has 22 heavy (non-hydrogen) atoms. The third-order valence-corrected chi connectivity index (χ3v) is 2.42. The number of alkyl halides is 3. The minimum Gasteiger partial charge on any atom is -0.460 e. The molecule has 0 N–H and O–H groups in total. The number of halogens is 4. The van der Waals surface area contributed by atoms with E-state index < -0.39 is 51.7 Å². The summed E-state index contributed by atoms with van der Waals surface area (Å²) in [4.78, 5) is 21.0. The minimum absolute atomic E-state index is 0.0117. The van der Waals surface area contributed by atoms with Gasteiger partial charge in [0.25, 0.3) is 5.69 Å². The van der Waals surface area contributed by atoms with E-state index in [9.17, 15) is 32.5 Å². The van der Waals surface area contributed by atoms with Gasteiger partial charge in [-0.25, -0.2) is 4.39 Å². The van der Waals surface area contributed by atoms with Crippen molar-refractivity contribution >= 4 is 11.7 Å². The van der Waals surface area contributed by atoms with Gasteiger partial charge in [-0.1, -0.05) is 0 Å². The summed E-state index contributed by atoms with van der Waals surface area (Å²) in [5.74, 6) is -2.26. The molecule has 0 saturated carbocycles. The maximum atomic E-state index is 13.7. The zero-order valence-electron chi connectivity index (χ0n) is 12.0. The van der Waals surface area contributed by atoms with E-state index in [1.807, 2.05) is 0 Å². The lowest BCUT2D eigenvalue weighted by atomic mass is 10.1. The first-order valence-corrected chi connectivity index (χ1v) is 6.07. The molecule has 0 amide bonds. The summed E-state index contributed by atoms with van der Waals surface area (Å²) < 4.78 is 56.5. The van der Waals surface area contributed by atoms with Crippen molar-refractivity contribution in [1.29, 1.82) is 0 Å². The molecule has 0 spiro atoms. The van der Waals surface area contributed by atoms with Crippen LogP contribution in [0.2, 0.25) is 0 Å². The van der Waals surface area contributed by atoms with E-state index in [1.54, 1.807) is 20.8 Å². The van der Waals surface area contributed by atoms with E-state index in [0.717, 1.165) is 0 Å². The van der Waals surface area contributed by atoms with Crippen LogP contribution in [0.25, 0.3) is 0 Å². The van der Waals surface area contributed by atoms with Gasteiger partial charge in [0.15, 0.2) is 0 Å². The lowest BCUT2D eigenvalue weighted by Gasteiger charge is -2.19. The molecule has 0 heterocycles. The van der Waals surface area contributed by atoms with Gasteiger partial charge in [0.1, 0.15) is 17.0 Å². The fourth-order valence-electron chi connectivity index (χ4n) is 1.65. The molecule has 0 aliphatic rings. The molecule has 0 radical (unpaired) electrons. The monoisotopic (exact) mass is 323 g/mol. The van der Waals surface area contributed by atoms with Crippen molar-refractivity contribution in [3.8, 4) is 0 Å². The van der Waals surface area contributed by atoms with E-state index >= 15 is 0 Å². The Morgan fingerprint density at radius 2 is 1.82 bits per heavy atom. The quantitative estimate of drug-likeness (QED) is 0.368. The molecule has 0 atom stereocenters. The molecule has 0 bridgehead atoms. The van der Waals surface area contributed by atoms with Crippen LogP contribution in [0.3, 0.4) is 0 Å². The van der Waals surface area contributed by atoms with Crippen LogP contribution in [-0.4, -0.2) is 16.5 Å². The lowest BCUT2D eigenvalue weighted by Crippen LogP contribution is -2.25. The largest absolute Gasteiger partial charge is 0.460 e. The standard InChI is InChI=1S/C13H13F4NO4/c1-12(2,3)22-11(19)5-7-4-10(18(20)21)8(6-9(7)14)13(15,16)17/h4,6H,5H2,1-3H3. The molecule has 122 valence electrons. The van der Waals surface area contributed by atoms with E-state index in [2.05, 4.69) is 0 Å². The number of nitrogens with zero attached hydrogens (tertiary/aromatic N) is 1. The molecule has 0 fully saturated rings. The van der Waals surface area contributed by atoms with E-state index in [-0.39, 0.29) is 6.07 Å². The highest BCUT2D eigenvalue weighted by Crippen LogP contribution is 2.37. The van der Waals surface area contributed by atoms with Crippen molar-refractivity contribution in [2.45, 2.75) is 39.0 Å². The first-order valence-electron chi connectivity index (χ1n) is 6.07. The second-order valence-corrected chi connectivity index (χ2v) is 5.48. The molecule has 0 aromatic heterocycles. The molecule has 9 heteroatoms. The van der Waals surface area contributed by atoms with Gasteiger partial charge < -0.3 is 4.74 Å². The predicted octanol–water partition coefficient (Wildman–Crippen LogP) is 3.64. The SMILES string of the molecule is CC(C)(C)OC(=O)Cc1cc([N+](=O)[O-])c(C(F)(F)F)cc1F. The maximum Gasteiger partial charge on any atom is 0.423 e. The molecule has 1 aromatic rings. The Labute approximate surface area is 123 Å². The summed E-state index contributed by atoms with van der Waals surface area (Å²) in [6.07, 6.45) is -5.78. The third kappa shape index (κ3) is 4.68. The fraction of sp³-hybridized carbons (Fsp3) is 0.462. The highest BCUT2D eigenvalue weighted by atomic mass is 19.4. The van der Waals surface area contributed by atoms with Crippen molar-refractivity contribution in [1.82, 2.24) is 0 Å². The van der Waals surface area contributed by atoms with Crippen molar-refractivity contribution in [3.63, 3.8) is 0 Å². The Bertz CT molecular complexity index is 605. The van der Waals surface area contributed by atoms with Gasteiger partial charge in [-0.2, -0.15) is 13.2 Å². The minimum atomic E-state index is -5.08. The molecule has 1 rings (SSSR count). The Hall–Kier alpha value is -2.19. The second-order valence-electron chi connectivity index (χ2n) is 5.48. The van der Waals surface area contributed by atoms with Crippen LogP contribution in [0, 0.1) is 15.9 Å². The molecule has 0 unspecified atom stereocenters. The van der Waals surface area contributed by atoms with Crippen LogP contribution in [0.1, 0.15) is 31.9 Å². The van der Waals surface area contributed by atoms with Crippen molar-refractivity contribution in [2.24, 2.45) is 0 Å². The molecular weight excluding hydrogens is 310 g/mol. The van der Waals surface area contributed by atoms with Crippen molar-refractivity contribution in [2.75, 3.05) is 0 Å². The summed E-state index contributed by atoms with van der Waals surface area (Å²) in [5, 5.41) is 10.7. The first kappa shape index (κ1) is 17.9. The summed E-state index contributed by atoms with van der Waals surface area (Å²) in [7, 11) is 0. The Balaban J connectivity index is 3.21. The normalized spacial score (nSPS) is 12.1. The summed E-state index contributed by atoms with van der Waals surface area (Å²) in [5.41, 5.74) is -4.42. The van der Waals surface area contributed by atoms with Crippen molar-refractivity contribution in [3.05, 3.63) is 39.2 Å². The number of rotatable bonds is 3. The third-order valence-electron chi connectivity index (χ3n) is 2.42. The topological polar surface area (TPSA) is 69.4 Å². The van der Waals surface area contributed by atoms with E-state index in [1.165, 1.54) is 0 Å². The maximum absolute atomic E-state index is 13.7. The van der Waals surface area contributed by atoms with Crippen LogP contribution < -0.4 is 0 Å². The van der Waals surface area contributed by atoms with Crippen molar-refractivity contribution < 1.29 is 32.0 Å². The fourth-order valence-corrected chi connectivity index (χ4v) is 1.65. The number of ether oxygens (including phenoxy) is 1. The van der Waals surface area contributed by atoms with Gasteiger partial charge in [0.2, 0.25) is 0 Å². The average Bonchev–Trinajstić information content (AvgIpc) is 2.27. The Morgan fingerprint density at radius 3 is 2.23 bits per heavy atom. The smallest absolute Gasteiger partial charge is 0.423 e. The van der Waals surface area contributed by atoms with Gasteiger partial charge in [0, 0.05) is 11.6 Å². The zero-order chi connectivity index (χ0) is 17.3. The average molecular weight is 323 g/mol. The molecule has 0 aliphatic heterocycles. The van der Waals surface area contributed by atoms with Crippen LogP contribution in [-0.2, 0) is 22.1 Å². The zero-order valence-corrected chi connectivity index (χ0v) is 12.0. The molecule has 1 aromatic carbocycles. The van der Waals surface area contributed by atoms with Gasteiger partial charge in [-0.15, -0.1) is 0 Å². The molecule has 0 aliphatic carbocycles. The van der Waals surface area contributed by atoms with Gasteiger partial charge in [-0.05, 0) is 26.8 Å². The summed E-state index contributed by atoms with van der Waals surface area (Å²) in [6, 6.07) is 0.417. The number of hydrogen-bond acceptors (Lipinski definition) is 4. The number of hydrogen-bond donors (Lipinski definition) is 0. The van der Waals surface area contributed by atoms with Gasteiger partial charge in [0.05, 0.1) is 11.3 Å². The van der Waals surface area contributed by atoms with Crippen LogP contribution in [0.4, 0.5) is 23.2 Å². The predicted molar refractivity (Wildman–Crippen MR) is 67.6 cm³/mol. The number of benzene rings is 1. The van der Waals surface area contributed by atoms with Crippen LogP contribution in [0.5, 0.6) is 0 Å². The van der Waals surface area contributed by atoms with Gasteiger partial charge >= 0.3 is 12.1 Å². The summed E-state index contributed by atoms with van der Waals surface area (Å²) >= 11 is 0. The van der Waals surface area contributed by atoms with Crippen LogP contribution >= 0.6 is 0 Å². The van der Waals surface area contributed by atoms with E-state index in [0.29, 0.717) is 6.07 Å². The van der Waals surface area contributed by atoms with E-state index in [4.69, 9.17) is 4.74 Å². The molecular formula is C13H13F4NO4. The Kier molecular flexibility index (Phi) is 4.79. The number of esters is 1. The van der Waals surface area contributed by atoms with Crippen LogP contribution in [0.15, 0.2) is 12.1 Å². The number of carbonyl (C=O) groups excluding carboxylic acids is 1. The number of carbonyl (C=O) groups is 1.